The molecule has 196 valence electrons. The van der Waals surface area contributed by atoms with Gasteiger partial charge in [0.1, 0.15) is 42.9 Å². The normalized spacial score (nSPS) is 31.4. The number of hydrogen-bond donors (Lipinski definition) is 5. The number of aliphatic hydroxyl groups excluding tert-OH is 4. The van der Waals surface area contributed by atoms with Crippen LogP contribution in [0.2, 0.25) is 0 Å². The minimum absolute atomic E-state index is 0.0192. The maximum absolute atomic E-state index is 12.0. The van der Waals surface area contributed by atoms with Gasteiger partial charge >= 0.3 is 11.9 Å². The summed E-state index contributed by atoms with van der Waals surface area (Å²) < 4.78 is 21.1. The number of ether oxygens (including phenoxy) is 4. The average molecular weight is 507 g/mol. The molecule has 1 aromatic carbocycles. The first-order valence-electron chi connectivity index (χ1n) is 11.3. The van der Waals surface area contributed by atoms with Crippen molar-refractivity contribution in [2.75, 3.05) is 13.2 Å². The molecule has 0 spiro atoms. The molecular formula is C25H30O11. The van der Waals surface area contributed by atoms with Gasteiger partial charge in [-0.05, 0) is 49.8 Å². The highest BCUT2D eigenvalue weighted by Crippen LogP contribution is 2.25. The SMILES string of the molecule is CC(C)=C[C@H]1OC(=O)/C(=C\CO[C@H]2O[C@@H](COC(=O)/C=C/c3ccc(O)cc3)[C@H](O)[C@@H](O)[C@@H]2O)[C@H]1O. The first kappa shape index (κ1) is 27.5. The highest BCUT2D eigenvalue weighted by molar-refractivity contribution is 5.92. The van der Waals surface area contributed by atoms with E-state index in [4.69, 9.17) is 18.9 Å². The van der Waals surface area contributed by atoms with Crippen LogP contribution >= 0.6 is 0 Å². The van der Waals surface area contributed by atoms with Crippen LogP contribution in [-0.4, -0.2) is 93.6 Å². The van der Waals surface area contributed by atoms with Gasteiger partial charge in [0.15, 0.2) is 12.4 Å². The minimum Gasteiger partial charge on any atom is -0.508 e. The van der Waals surface area contributed by atoms with Gasteiger partial charge in [0.2, 0.25) is 0 Å². The van der Waals surface area contributed by atoms with Crippen molar-refractivity contribution in [3.63, 3.8) is 0 Å². The summed E-state index contributed by atoms with van der Waals surface area (Å²) in [6, 6.07) is 6.10. The summed E-state index contributed by atoms with van der Waals surface area (Å²) in [4.78, 5) is 24.0. The molecule has 7 atom stereocenters. The van der Waals surface area contributed by atoms with E-state index in [1.165, 1.54) is 24.3 Å². The predicted octanol–water partition coefficient (Wildman–Crippen LogP) is -0.0483. The van der Waals surface area contributed by atoms with Crippen LogP contribution in [-0.2, 0) is 28.5 Å². The third kappa shape index (κ3) is 7.00. The van der Waals surface area contributed by atoms with Gasteiger partial charge in [0.25, 0.3) is 0 Å². The third-order valence-electron chi connectivity index (χ3n) is 5.53. The van der Waals surface area contributed by atoms with Crippen LogP contribution < -0.4 is 0 Å². The number of allylic oxidation sites excluding steroid dienone is 1. The van der Waals surface area contributed by atoms with Crippen LogP contribution in [0.5, 0.6) is 5.75 Å². The molecule has 36 heavy (non-hydrogen) atoms. The zero-order valence-corrected chi connectivity index (χ0v) is 19.8. The maximum atomic E-state index is 12.0. The monoisotopic (exact) mass is 506 g/mol. The number of hydrogen-bond acceptors (Lipinski definition) is 11. The van der Waals surface area contributed by atoms with E-state index in [0.29, 0.717) is 5.56 Å². The van der Waals surface area contributed by atoms with Crippen LogP contribution in [0.25, 0.3) is 6.08 Å². The highest BCUT2D eigenvalue weighted by atomic mass is 16.7. The third-order valence-corrected chi connectivity index (χ3v) is 5.53. The molecule has 0 aliphatic carbocycles. The molecule has 11 nitrogen and oxygen atoms in total. The standard InChI is InChI=1S/C25H30O11/c1-13(2)11-17-20(28)16(24(32)35-17)9-10-33-25-23(31)22(30)21(29)18(36-25)12-34-19(27)8-5-14-3-6-15(26)7-4-14/h3-9,11,17-18,20-23,25-26,28-31H,10,12H2,1-2H3/b8-5+,16-9-/t17-,18+,20-,21+,22-,23+,25+/m1/s1. The summed E-state index contributed by atoms with van der Waals surface area (Å²) in [7, 11) is 0. The number of phenols is 1. The molecule has 2 heterocycles. The van der Waals surface area contributed by atoms with Crippen molar-refractivity contribution in [2.45, 2.75) is 56.8 Å². The van der Waals surface area contributed by atoms with Gasteiger partial charge in [0, 0.05) is 6.08 Å². The lowest BCUT2D eigenvalue weighted by molar-refractivity contribution is -0.299. The van der Waals surface area contributed by atoms with Gasteiger partial charge in [-0.2, -0.15) is 0 Å². The summed E-state index contributed by atoms with van der Waals surface area (Å²) in [5, 5.41) is 50.2. The molecule has 0 saturated carbocycles. The van der Waals surface area contributed by atoms with Crippen LogP contribution in [0, 0.1) is 0 Å². The molecule has 0 unspecified atom stereocenters. The summed E-state index contributed by atoms with van der Waals surface area (Å²) in [5.41, 5.74) is 1.48. The van der Waals surface area contributed by atoms with Gasteiger partial charge in [-0.1, -0.05) is 17.7 Å². The number of carbonyl (C=O) groups excluding carboxylic acids is 2. The Bertz CT molecular complexity index is 1010. The molecule has 11 heteroatoms. The van der Waals surface area contributed by atoms with Gasteiger partial charge in [-0.25, -0.2) is 9.59 Å². The first-order valence-corrected chi connectivity index (χ1v) is 11.3. The van der Waals surface area contributed by atoms with Crippen molar-refractivity contribution >= 4 is 18.0 Å². The molecule has 3 rings (SSSR count). The second-order valence-electron chi connectivity index (χ2n) is 8.62. The smallest absolute Gasteiger partial charge is 0.337 e. The fourth-order valence-corrected chi connectivity index (χ4v) is 3.60. The number of aliphatic hydroxyl groups is 4. The second kappa shape index (κ2) is 12.3. The molecule has 1 aromatic rings. The van der Waals surface area contributed by atoms with Gasteiger partial charge in [0.05, 0.1) is 12.2 Å². The average Bonchev–Trinajstić information content (AvgIpc) is 3.09. The van der Waals surface area contributed by atoms with Crippen LogP contribution in [0.15, 0.2) is 53.6 Å². The molecule has 5 N–H and O–H groups in total. The molecule has 2 saturated heterocycles. The molecule has 0 bridgehead atoms. The number of rotatable bonds is 8. The zero-order chi connectivity index (χ0) is 26.4. The van der Waals surface area contributed by atoms with Crippen molar-refractivity contribution in [1.29, 1.82) is 0 Å². The Morgan fingerprint density at radius 2 is 1.75 bits per heavy atom. The Morgan fingerprint density at radius 1 is 1.06 bits per heavy atom. The fraction of sp³-hybridized carbons (Fsp3) is 0.440. The molecule has 2 aliphatic heterocycles. The first-order chi connectivity index (χ1) is 17.1. The van der Waals surface area contributed by atoms with E-state index in [0.717, 1.165) is 11.6 Å². The topological polar surface area (TPSA) is 172 Å². The summed E-state index contributed by atoms with van der Waals surface area (Å²) in [6.45, 7) is 2.87. The van der Waals surface area contributed by atoms with E-state index in [1.807, 2.05) is 0 Å². The Hall–Kier alpha value is -3.06. The summed E-state index contributed by atoms with van der Waals surface area (Å²) >= 11 is 0. The lowest BCUT2D eigenvalue weighted by Gasteiger charge is -2.39. The fourth-order valence-electron chi connectivity index (χ4n) is 3.60. The van der Waals surface area contributed by atoms with E-state index >= 15 is 0 Å². The van der Waals surface area contributed by atoms with Crippen molar-refractivity contribution < 1.29 is 54.1 Å². The highest BCUT2D eigenvalue weighted by Gasteiger charge is 2.45. The second-order valence-corrected chi connectivity index (χ2v) is 8.62. The van der Waals surface area contributed by atoms with Crippen LogP contribution in [0.1, 0.15) is 19.4 Å². The number of carbonyl (C=O) groups is 2. The maximum Gasteiger partial charge on any atom is 0.337 e. The number of phenolic OH excluding ortho intramolecular Hbond substituents is 1. The minimum atomic E-state index is -1.66. The zero-order valence-electron chi connectivity index (χ0n) is 19.8. The number of aromatic hydroxyl groups is 1. The van der Waals surface area contributed by atoms with E-state index in [2.05, 4.69) is 0 Å². The van der Waals surface area contributed by atoms with Crippen LogP contribution in [0.4, 0.5) is 0 Å². The predicted molar refractivity (Wildman–Crippen MR) is 124 cm³/mol. The van der Waals surface area contributed by atoms with E-state index in [-0.39, 0.29) is 17.9 Å². The van der Waals surface area contributed by atoms with Crippen molar-refractivity contribution in [3.8, 4) is 5.75 Å². The van der Waals surface area contributed by atoms with E-state index < -0.39 is 61.5 Å². The number of benzene rings is 1. The summed E-state index contributed by atoms with van der Waals surface area (Å²) in [5.74, 6) is -1.38. The number of cyclic esters (lactones) is 1. The molecule has 0 aromatic heterocycles. The van der Waals surface area contributed by atoms with Gasteiger partial charge in [-0.3, -0.25) is 0 Å². The molecule has 2 fully saturated rings. The van der Waals surface area contributed by atoms with Crippen molar-refractivity contribution in [3.05, 3.63) is 59.2 Å². The lowest BCUT2D eigenvalue weighted by Crippen LogP contribution is -2.59. The quantitative estimate of drug-likeness (QED) is 0.182. The van der Waals surface area contributed by atoms with E-state index in [1.54, 1.807) is 32.1 Å². The lowest BCUT2D eigenvalue weighted by atomic mass is 9.99. The van der Waals surface area contributed by atoms with Crippen LogP contribution in [0.3, 0.4) is 0 Å². The Kier molecular flexibility index (Phi) is 9.37. The Morgan fingerprint density at radius 3 is 2.42 bits per heavy atom. The summed E-state index contributed by atoms with van der Waals surface area (Å²) in [6.07, 6.45) is -3.99. The Labute approximate surface area is 207 Å². The molecule has 2 aliphatic rings. The number of esters is 2. The van der Waals surface area contributed by atoms with Crippen molar-refractivity contribution in [2.24, 2.45) is 0 Å². The molecular weight excluding hydrogens is 476 g/mol. The van der Waals surface area contributed by atoms with Crippen molar-refractivity contribution in [1.82, 2.24) is 0 Å². The van der Waals surface area contributed by atoms with E-state index in [9.17, 15) is 35.1 Å². The molecule has 0 radical (unpaired) electrons. The molecule has 0 amide bonds. The largest absolute Gasteiger partial charge is 0.508 e. The van der Waals surface area contributed by atoms with Gasteiger partial charge < -0.3 is 44.5 Å². The Balaban J connectivity index is 1.55. The van der Waals surface area contributed by atoms with Gasteiger partial charge in [-0.15, -0.1) is 0 Å².